The highest BCUT2D eigenvalue weighted by Crippen LogP contribution is 2.43. The summed E-state index contributed by atoms with van der Waals surface area (Å²) in [5.41, 5.74) is 0. The van der Waals surface area contributed by atoms with E-state index < -0.39 is 7.75 Å². The third-order valence-electron chi connectivity index (χ3n) is 1.93. The van der Waals surface area contributed by atoms with Crippen LogP contribution in [-0.4, -0.2) is 47.2 Å². The molecule has 0 aliphatic heterocycles. The maximum Gasteiger partial charge on any atom is 0.405 e. The fourth-order valence-electron chi connectivity index (χ4n) is 1.00. The van der Waals surface area contributed by atoms with Crippen LogP contribution in [0.4, 0.5) is 0 Å². The lowest BCUT2D eigenvalue weighted by Crippen LogP contribution is -2.19. The molecule has 0 rings (SSSR count). The first-order valence-electron chi connectivity index (χ1n) is 5.80. The van der Waals surface area contributed by atoms with Gasteiger partial charge >= 0.3 is 7.75 Å². The lowest BCUT2D eigenvalue weighted by atomic mass is 10.3. The van der Waals surface area contributed by atoms with Crippen LogP contribution in [0.1, 0.15) is 19.8 Å². The molecule has 0 aliphatic rings. The Labute approximate surface area is 104 Å². The molecule has 0 aliphatic carbocycles. The molecule has 0 aromatic heterocycles. The van der Waals surface area contributed by atoms with E-state index >= 15 is 0 Å². The van der Waals surface area contributed by atoms with Gasteiger partial charge in [-0.25, -0.2) is 9.65 Å². The Hall–Kier alpha value is 0.0300. The highest BCUT2D eigenvalue weighted by molar-refractivity contribution is 7.51. The molecule has 7 heteroatoms. The standard InChI is InChI=1S/C10H24NO5P/c1-4-5-6-11-17(12,15-9-7-13-2)16-10-8-14-3/h4-10H2,1-3H3,(H,11,12). The average molecular weight is 269 g/mol. The second-order valence-electron chi connectivity index (χ2n) is 3.41. The van der Waals surface area contributed by atoms with Crippen LogP contribution in [0.15, 0.2) is 0 Å². The second-order valence-corrected chi connectivity index (χ2v) is 5.24. The van der Waals surface area contributed by atoms with Crippen LogP contribution < -0.4 is 5.09 Å². The maximum absolute atomic E-state index is 12.2. The molecule has 0 saturated carbocycles. The van der Waals surface area contributed by atoms with Crippen molar-refractivity contribution in [1.29, 1.82) is 0 Å². The second kappa shape index (κ2) is 11.1. The van der Waals surface area contributed by atoms with Crippen molar-refractivity contribution in [3.63, 3.8) is 0 Å². The fraction of sp³-hybridized carbons (Fsp3) is 1.00. The molecule has 0 fully saturated rings. The van der Waals surface area contributed by atoms with Crippen LogP contribution in [-0.2, 0) is 23.1 Å². The first-order valence-corrected chi connectivity index (χ1v) is 7.35. The zero-order chi connectivity index (χ0) is 13.0. The molecule has 0 aromatic rings. The zero-order valence-electron chi connectivity index (χ0n) is 10.9. The van der Waals surface area contributed by atoms with Gasteiger partial charge in [-0.15, -0.1) is 0 Å². The lowest BCUT2D eigenvalue weighted by Gasteiger charge is -2.18. The van der Waals surface area contributed by atoms with Crippen LogP contribution in [0.5, 0.6) is 0 Å². The highest BCUT2D eigenvalue weighted by Gasteiger charge is 2.23. The Morgan fingerprint density at radius 2 is 1.53 bits per heavy atom. The van der Waals surface area contributed by atoms with Gasteiger partial charge in [0.1, 0.15) is 0 Å². The van der Waals surface area contributed by atoms with E-state index in [0.717, 1.165) is 12.8 Å². The molecule has 0 amide bonds. The van der Waals surface area contributed by atoms with Crippen LogP contribution in [0.3, 0.4) is 0 Å². The van der Waals surface area contributed by atoms with E-state index in [2.05, 4.69) is 12.0 Å². The minimum Gasteiger partial charge on any atom is -0.382 e. The van der Waals surface area contributed by atoms with Crippen LogP contribution in [0, 0.1) is 0 Å². The van der Waals surface area contributed by atoms with Gasteiger partial charge in [0.05, 0.1) is 26.4 Å². The smallest absolute Gasteiger partial charge is 0.382 e. The number of ether oxygens (including phenoxy) is 2. The number of hydrogen-bond acceptors (Lipinski definition) is 5. The van der Waals surface area contributed by atoms with E-state index in [1.165, 1.54) is 0 Å². The minimum absolute atomic E-state index is 0.236. The van der Waals surface area contributed by atoms with Gasteiger partial charge in [0, 0.05) is 20.8 Å². The summed E-state index contributed by atoms with van der Waals surface area (Å²) < 4.78 is 32.2. The normalized spacial score (nSPS) is 11.9. The van der Waals surface area contributed by atoms with Crippen molar-refractivity contribution < 1.29 is 23.1 Å². The molecule has 17 heavy (non-hydrogen) atoms. The third-order valence-corrected chi connectivity index (χ3v) is 3.59. The Bertz CT molecular complexity index is 182. The summed E-state index contributed by atoms with van der Waals surface area (Å²) >= 11 is 0. The van der Waals surface area contributed by atoms with Crippen LogP contribution in [0.2, 0.25) is 0 Å². The van der Waals surface area contributed by atoms with E-state index in [1.807, 2.05) is 0 Å². The third kappa shape index (κ3) is 9.71. The minimum atomic E-state index is -3.22. The van der Waals surface area contributed by atoms with Crippen molar-refractivity contribution in [2.24, 2.45) is 0 Å². The molecule has 0 radical (unpaired) electrons. The molecule has 0 atom stereocenters. The summed E-state index contributed by atoms with van der Waals surface area (Å²) in [4.78, 5) is 0. The van der Waals surface area contributed by atoms with Gasteiger partial charge in [0.2, 0.25) is 0 Å². The summed E-state index contributed by atoms with van der Waals surface area (Å²) in [6.07, 6.45) is 1.94. The van der Waals surface area contributed by atoms with E-state index in [9.17, 15) is 4.57 Å². The van der Waals surface area contributed by atoms with Gasteiger partial charge < -0.3 is 9.47 Å². The van der Waals surface area contributed by atoms with Gasteiger partial charge in [-0.05, 0) is 6.42 Å². The van der Waals surface area contributed by atoms with Gasteiger partial charge in [-0.1, -0.05) is 13.3 Å². The number of rotatable bonds is 12. The van der Waals surface area contributed by atoms with Gasteiger partial charge in [-0.3, -0.25) is 9.05 Å². The van der Waals surface area contributed by atoms with E-state index in [1.54, 1.807) is 14.2 Å². The average Bonchev–Trinajstić information content (AvgIpc) is 2.30. The van der Waals surface area contributed by atoms with Crippen molar-refractivity contribution >= 4 is 7.75 Å². The molecule has 0 aromatic carbocycles. The van der Waals surface area contributed by atoms with Gasteiger partial charge in [0.25, 0.3) is 0 Å². The maximum atomic E-state index is 12.2. The van der Waals surface area contributed by atoms with Crippen molar-refractivity contribution in [3.05, 3.63) is 0 Å². The van der Waals surface area contributed by atoms with Crippen molar-refractivity contribution in [2.45, 2.75) is 19.8 Å². The Kier molecular flexibility index (Phi) is 11.2. The summed E-state index contributed by atoms with van der Waals surface area (Å²) in [7, 11) is -0.0983. The monoisotopic (exact) mass is 269 g/mol. The van der Waals surface area contributed by atoms with Crippen LogP contribution >= 0.6 is 7.75 Å². The molecule has 0 saturated heterocycles. The van der Waals surface area contributed by atoms with E-state index in [-0.39, 0.29) is 13.2 Å². The number of nitrogens with one attached hydrogen (secondary N) is 1. The molecule has 0 heterocycles. The van der Waals surface area contributed by atoms with E-state index in [4.69, 9.17) is 18.5 Å². The van der Waals surface area contributed by atoms with Crippen molar-refractivity contribution in [1.82, 2.24) is 5.09 Å². The van der Waals surface area contributed by atoms with Crippen LogP contribution in [0.25, 0.3) is 0 Å². The highest BCUT2D eigenvalue weighted by atomic mass is 31.2. The van der Waals surface area contributed by atoms with Crippen molar-refractivity contribution in [2.75, 3.05) is 47.2 Å². The summed E-state index contributed by atoms with van der Waals surface area (Å²) in [6, 6.07) is 0. The Balaban J connectivity index is 4.00. The number of hydrogen-bond donors (Lipinski definition) is 1. The number of methoxy groups -OCH3 is 2. The topological polar surface area (TPSA) is 66.0 Å². The quantitative estimate of drug-likeness (QED) is 0.430. The van der Waals surface area contributed by atoms with Gasteiger partial charge in [-0.2, -0.15) is 0 Å². The van der Waals surface area contributed by atoms with E-state index in [0.29, 0.717) is 19.8 Å². The SMILES string of the molecule is CCCCNP(=O)(OCCOC)OCCOC. The molecular formula is C10H24NO5P. The predicted octanol–water partition coefficient (Wildman–Crippen LogP) is 1.81. The molecule has 0 spiro atoms. The summed E-state index contributed by atoms with van der Waals surface area (Å²) in [5, 5.41) is 2.81. The predicted molar refractivity (Wildman–Crippen MR) is 66.2 cm³/mol. The number of unbranched alkanes of at least 4 members (excludes halogenated alkanes) is 1. The Morgan fingerprint density at radius 1 is 1.00 bits per heavy atom. The molecule has 0 bridgehead atoms. The largest absolute Gasteiger partial charge is 0.405 e. The molecule has 1 N–H and O–H groups in total. The summed E-state index contributed by atoms with van der Waals surface area (Å²) in [6.45, 7) is 3.90. The molecular weight excluding hydrogens is 245 g/mol. The lowest BCUT2D eigenvalue weighted by molar-refractivity contribution is 0.104. The van der Waals surface area contributed by atoms with Crippen molar-refractivity contribution in [3.8, 4) is 0 Å². The zero-order valence-corrected chi connectivity index (χ0v) is 11.8. The molecule has 0 unspecified atom stereocenters. The molecule has 6 nitrogen and oxygen atoms in total. The first kappa shape index (κ1) is 17.0. The Morgan fingerprint density at radius 3 is 1.94 bits per heavy atom. The molecule has 104 valence electrons. The first-order chi connectivity index (χ1) is 8.18. The summed E-state index contributed by atoms with van der Waals surface area (Å²) in [5.74, 6) is 0. The fourth-order valence-corrected chi connectivity index (χ4v) is 2.32. The van der Waals surface area contributed by atoms with Gasteiger partial charge in [0.15, 0.2) is 0 Å².